The molecule has 1 heterocycles. The molecule has 10 heteroatoms. The monoisotopic (exact) mass is 414 g/mol. The normalized spacial score (nSPS) is 12.2. The Morgan fingerprint density at radius 1 is 1.14 bits per heavy atom. The van der Waals surface area contributed by atoms with Crippen LogP contribution in [0.25, 0.3) is 10.9 Å². The quantitative estimate of drug-likeness (QED) is 0.620. The number of halogens is 4. The minimum Gasteiger partial charge on any atom is -0.492 e. The van der Waals surface area contributed by atoms with Crippen molar-refractivity contribution in [1.29, 1.82) is 0 Å². The van der Waals surface area contributed by atoms with E-state index in [1.54, 1.807) is 6.92 Å². The number of sulfonamides is 1. The zero-order valence-corrected chi connectivity index (χ0v) is 15.2. The van der Waals surface area contributed by atoms with Gasteiger partial charge in [-0.05, 0) is 49.4 Å². The number of anilines is 1. The van der Waals surface area contributed by atoms with E-state index in [0.717, 1.165) is 0 Å². The van der Waals surface area contributed by atoms with Gasteiger partial charge in [0, 0.05) is 11.6 Å². The largest absolute Gasteiger partial charge is 0.492 e. The van der Waals surface area contributed by atoms with Crippen molar-refractivity contribution in [3.8, 4) is 5.75 Å². The number of nitrogens with zero attached hydrogens (tertiary/aromatic N) is 1. The maximum absolute atomic E-state index is 14.0. The first-order chi connectivity index (χ1) is 13.1. The average Bonchev–Trinajstić information content (AvgIpc) is 2.62. The second-order valence-corrected chi connectivity index (χ2v) is 7.34. The molecule has 0 aliphatic carbocycles. The molecule has 0 saturated carbocycles. The highest BCUT2D eigenvalue weighted by Gasteiger charge is 2.32. The van der Waals surface area contributed by atoms with Gasteiger partial charge in [0.05, 0.1) is 22.8 Å². The van der Waals surface area contributed by atoms with Crippen LogP contribution in [0.4, 0.5) is 23.2 Å². The van der Waals surface area contributed by atoms with Crippen molar-refractivity contribution in [3.05, 3.63) is 60.0 Å². The molecule has 2 aromatic carbocycles. The number of pyridine rings is 1. The highest BCUT2D eigenvalue weighted by Crippen LogP contribution is 2.34. The highest BCUT2D eigenvalue weighted by molar-refractivity contribution is 7.93. The van der Waals surface area contributed by atoms with E-state index in [2.05, 4.69) is 4.98 Å². The maximum atomic E-state index is 14.0. The molecule has 0 fully saturated rings. The molecule has 3 rings (SSSR count). The number of hydrogen-bond acceptors (Lipinski definition) is 4. The molecule has 0 aliphatic heterocycles. The van der Waals surface area contributed by atoms with Crippen molar-refractivity contribution in [2.75, 3.05) is 11.3 Å². The van der Waals surface area contributed by atoms with Gasteiger partial charge in [-0.15, -0.1) is 0 Å². The third-order valence-electron chi connectivity index (χ3n) is 3.82. The van der Waals surface area contributed by atoms with E-state index in [-0.39, 0.29) is 15.8 Å². The summed E-state index contributed by atoms with van der Waals surface area (Å²) >= 11 is 0. The molecule has 3 aromatic rings. The zero-order chi connectivity index (χ0) is 20.5. The summed E-state index contributed by atoms with van der Waals surface area (Å²) in [5.74, 6) is -0.785. The Bertz CT molecular complexity index is 1130. The number of hydrogen-bond donors (Lipinski definition) is 1. The lowest BCUT2D eigenvalue weighted by molar-refractivity contribution is -0.137. The fraction of sp³-hybridized carbons (Fsp3) is 0.167. The third kappa shape index (κ3) is 3.86. The van der Waals surface area contributed by atoms with Gasteiger partial charge in [-0.3, -0.25) is 9.71 Å². The fourth-order valence-electron chi connectivity index (χ4n) is 2.61. The molecular formula is C18H14F4N2O3S. The molecule has 0 bridgehead atoms. The van der Waals surface area contributed by atoms with Crippen LogP contribution >= 0.6 is 0 Å². The van der Waals surface area contributed by atoms with Gasteiger partial charge in [-0.25, -0.2) is 12.8 Å². The molecule has 0 unspecified atom stereocenters. The van der Waals surface area contributed by atoms with Gasteiger partial charge < -0.3 is 4.74 Å². The van der Waals surface area contributed by atoms with Crippen LogP contribution in [0.5, 0.6) is 5.75 Å². The molecular weight excluding hydrogens is 400 g/mol. The van der Waals surface area contributed by atoms with Crippen molar-refractivity contribution in [3.63, 3.8) is 0 Å². The molecule has 0 atom stereocenters. The predicted octanol–water partition coefficient (Wildman–Crippen LogP) is 4.59. The average molecular weight is 414 g/mol. The summed E-state index contributed by atoms with van der Waals surface area (Å²) in [6.45, 7) is 2.07. The van der Waals surface area contributed by atoms with Gasteiger partial charge in [0.25, 0.3) is 10.0 Å². The predicted molar refractivity (Wildman–Crippen MR) is 95.1 cm³/mol. The molecule has 0 saturated heterocycles. The van der Waals surface area contributed by atoms with Gasteiger partial charge in [0.15, 0.2) is 0 Å². The number of benzene rings is 2. The third-order valence-corrected chi connectivity index (χ3v) is 5.24. The molecule has 28 heavy (non-hydrogen) atoms. The number of ether oxygens (including phenoxy) is 1. The summed E-state index contributed by atoms with van der Waals surface area (Å²) in [5.41, 5.74) is -1.72. The van der Waals surface area contributed by atoms with Crippen molar-refractivity contribution in [2.24, 2.45) is 0 Å². The summed E-state index contributed by atoms with van der Waals surface area (Å²) in [6, 6.07) is 7.08. The molecule has 0 aliphatic rings. The number of aromatic nitrogens is 1. The minimum atomic E-state index is -4.75. The van der Waals surface area contributed by atoms with E-state index in [9.17, 15) is 26.0 Å². The number of nitrogens with one attached hydrogen (secondary N) is 1. The van der Waals surface area contributed by atoms with Crippen LogP contribution < -0.4 is 9.46 Å². The smallest absolute Gasteiger partial charge is 0.416 e. The van der Waals surface area contributed by atoms with E-state index in [4.69, 9.17) is 4.74 Å². The molecule has 0 radical (unpaired) electrons. The Labute approximate surface area is 158 Å². The van der Waals surface area contributed by atoms with Crippen molar-refractivity contribution in [1.82, 2.24) is 4.98 Å². The van der Waals surface area contributed by atoms with Crippen LogP contribution in [0, 0.1) is 5.82 Å². The van der Waals surface area contributed by atoms with Crippen molar-refractivity contribution in [2.45, 2.75) is 18.0 Å². The van der Waals surface area contributed by atoms with Crippen LogP contribution in [0.2, 0.25) is 0 Å². The summed E-state index contributed by atoms with van der Waals surface area (Å²) in [4.78, 5) is 3.84. The Hall–Kier alpha value is -2.88. The lowest BCUT2D eigenvalue weighted by Gasteiger charge is -2.14. The minimum absolute atomic E-state index is 0.188. The van der Waals surface area contributed by atoms with Gasteiger partial charge in [-0.1, -0.05) is 0 Å². The number of alkyl halides is 3. The first-order valence-electron chi connectivity index (χ1n) is 8.03. The van der Waals surface area contributed by atoms with E-state index in [1.165, 1.54) is 30.5 Å². The Morgan fingerprint density at radius 2 is 1.89 bits per heavy atom. The van der Waals surface area contributed by atoms with Gasteiger partial charge in [-0.2, -0.15) is 13.2 Å². The van der Waals surface area contributed by atoms with Gasteiger partial charge in [0.1, 0.15) is 17.1 Å². The van der Waals surface area contributed by atoms with Gasteiger partial charge in [0.2, 0.25) is 0 Å². The number of fused-ring (bicyclic) bond motifs is 1. The SMILES string of the molecule is CCOc1ccc(S(=O)(=O)Nc2cc(C(F)(F)F)ccc2F)c2cccnc12. The van der Waals surface area contributed by atoms with Crippen molar-refractivity contribution >= 4 is 26.6 Å². The maximum Gasteiger partial charge on any atom is 0.416 e. The molecule has 148 valence electrons. The lowest BCUT2D eigenvalue weighted by Crippen LogP contribution is -2.16. The Morgan fingerprint density at radius 3 is 2.57 bits per heavy atom. The first kappa shape index (κ1) is 19.9. The second-order valence-electron chi connectivity index (χ2n) is 5.69. The zero-order valence-electron chi connectivity index (χ0n) is 14.4. The first-order valence-corrected chi connectivity index (χ1v) is 9.52. The lowest BCUT2D eigenvalue weighted by atomic mass is 10.2. The summed E-state index contributed by atoms with van der Waals surface area (Å²) in [7, 11) is -4.41. The highest BCUT2D eigenvalue weighted by atomic mass is 32.2. The van der Waals surface area contributed by atoms with Gasteiger partial charge >= 0.3 is 6.18 Å². The van der Waals surface area contributed by atoms with Crippen LogP contribution in [0.1, 0.15) is 12.5 Å². The topological polar surface area (TPSA) is 68.3 Å². The standard InChI is InChI=1S/C18H14F4N2O3S/c1-2-27-15-7-8-16(12-4-3-9-23-17(12)15)28(25,26)24-14-10-11(18(20,21)22)5-6-13(14)19/h3-10,24H,2H2,1H3. The molecule has 0 spiro atoms. The summed E-state index contributed by atoms with van der Waals surface area (Å²) in [6.07, 6.45) is -3.30. The molecule has 1 N–H and O–H groups in total. The Balaban J connectivity index is 2.09. The van der Waals surface area contributed by atoms with Crippen molar-refractivity contribution < 1.29 is 30.7 Å². The molecule has 5 nitrogen and oxygen atoms in total. The molecule has 0 amide bonds. The summed E-state index contributed by atoms with van der Waals surface area (Å²) in [5, 5.41) is 0.188. The Kier molecular flexibility index (Phi) is 5.16. The van der Waals surface area contributed by atoms with E-state index < -0.39 is 33.3 Å². The second kappa shape index (κ2) is 7.27. The van der Waals surface area contributed by atoms with E-state index >= 15 is 0 Å². The summed E-state index contributed by atoms with van der Waals surface area (Å²) < 4.78 is 85.4. The number of rotatable bonds is 5. The van der Waals surface area contributed by atoms with Crippen LogP contribution in [0.3, 0.4) is 0 Å². The fourth-order valence-corrected chi connectivity index (χ4v) is 3.86. The van der Waals surface area contributed by atoms with Crippen LogP contribution in [-0.4, -0.2) is 20.0 Å². The van der Waals surface area contributed by atoms with E-state index in [1.807, 2.05) is 4.72 Å². The van der Waals surface area contributed by atoms with Crippen LogP contribution in [0.15, 0.2) is 53.6 Å². The van der Waals surface area contributed by atoms with E-state index in [0.29, 0.717) is 30.6 Å². The van der Waals surface area contributed by atoms with Crippen LogP contribution in [-0.2, 0) is 16.2 Å². The molecule has 1 aromatic heterocycles.